The van der Waals surface area contributed by atoms with E-state index >= 15 is 0 Å². The van der Waals surface area contributed by atoms with Gasteiger partial charge in [-0.1, -0.05) is 20.3 Å². The first kappa shape index (κ1) is 13.4. The van der Waals surface area contributed by atoms with Gasteiger partial charge in [-0.05, 0) is 19.8 Å². The first-order chi connectivity index (χ1) is 6.52. The average molecular weight is 200 g/mol. The third kappa shape index (κ3) is 4.61. The summed E-state index contributed by atoms with van der Waals surface area (Å²) in [6.45, 7) is 6.22. The molecule has 2 unspecified atom stereocenters. The van der Waals surface area contributed by atoms with Crippen molar-refractivity contribution < 1.29 is 4.79 Å². The molecule has 1 amide bonds. The molecule has 0 saturated heterocycles. The predicted molar refractivity (Wildman–Crippen MR) is 60.0 cm³/mol. The molecule has 3 nitrogen and oxygen atoms in total. The first-order valence-corrected chi connectivity index (χ1v) is 5.54. The highest BCUT2D eigenvalue weighted by Gasteiger charge is 2.16. The molecule has 3 heteroatoms. The molecule has 0 aromatic rings. The lowest BCUT2D eigenvalue weighted by molar-refractivity contribution is -0.132. The van der Waals surface area contributed by atoms with Crippen LogP contribution in [0.25, 0.3) is 0 Å². The van der Waals surface area contributed by atoms with E-state index in [1.54, 1.807) is 0 Å². The van der Waals surface area contributed by atoms with Crippen molar-refractivity contribution in [1.29, 1.82) is 0 Å². The fourth-order valence-electron chi connectivity index (χ4n) is 1.37. The van der Waals surface area contributed by atoms with Crippen LogP contribution in [0.3, 0.4) is 0 Å². The number of amides is 1. The molecule has 0 aromatic carbocycles. The monoisotopic (exact) mass is 200 g/mol. The van der Waals surface area contributed by atoms with E-state index in [1.807, 2.05) is 18.9 Å². The van der Waals surface area contributed by atoms with Crippen LogP contribution in [0.5, 0.6) is 0 Å². The lowest BCUT2D eigenvalue weighted by Gasteiger charge is -2.25. The van der Waals surface area contributed by atoms with Gasteiger partial charge in [-0.2, -0.15) is 0 Å². The lowest BCUT2D eigenvalue weighted by Crippen LogP contribution is -2.38. The van der Waals surface area contributed by atoms with E-state index in [-0.39, 0.29) is 11.9 Å². The zero-order valence-corrected chi connectivity index (χ0v) is 9.92. The second kappa shape index (κ2) is 6.82. The molecule has 0 spiro atoms. The summed E-state index contributed by atoms with van der Waals surface area (Å²) in [4.78, 5) is 13.5. The second-order valence-corrected chi connectivity index (χ2v) is 4.01. The Balaban J connectivity index is 3.98. The maximum Gasteiger partial charge on any atom is 0.224 e. The largest absolute Gasteiger partial charge is 0.343 e. The lowest BCUT2D eigenvalue weighted by atomic mass is 10.1. The molecule has 84 valence electrons. The zero-order valence-electron chi connectivity index (χ0n) is 9.92. The Bertz CT molecular complexity index is 171. The summed E-state index contributed by atoms with van der Waals surface area (Å²) >= 11 is 0. The molecule has 0 saturated carbocycles. The van der Waals surface area contributed by atoms with E-state index < -0.39 is 0 Å². The summed E-state index contributed by atoms with van der Waals surface area (Å²) in [7, 11) is 1.87. The molecule has 0 rings (SSSR count). The van der Waals surface area contributed by atoms with Crippen LogP contribution in [0.4, 0.5) is 0 Å². The van der Waals surface area contributed by atoms with Crippen molar-refractivity contribution in [3.05, 3.63) is 0 Å². The normalized spacial score (nSPS) is 14.9. The van der Waals surface area contributed by atoms with Crippen LogP contribution in [0, 0.1) is 0 Å². The Hall–Kier alpha value is -0.570. The van der Waals surface area contributed by atoms with Crippen LogP contribution < -0.4 is 5.73 Å². The smallest absolute Gasteiger partial charge is 0.224 e. The van der Waals surface area contributed by atoms with Crippen LogP contribution >= 0.6 is 0 Å². The highest BCUT2D eigenvalue weighted by Crippen LogP contribution is 2.07. The molecule has 0 aliphatic heterocycles. The van der Waals surface area contributed by atoms with Crippen molar-refractivity contribution in [2.45, 2.75) is 58.5 Å². The summed E-state index contributed by atoms with van der Waals surface area (Å²) in [6.07, 6.45) is 3.50. The van der Waals surface area contributed by atoms with Crippen molar-refractivity contribution in [2.24, 2.45) is 5.73 Å². The minimum absolute atomic E-state index is 0.0128. The molecule has 0 bridgehead atoms. The molecule has 0 aliphatic carbocycles. The Morgan fingerprint density at radius 3 is 2.43 bits per heavy atom. The van der Waals surface area contributed by atoms with E-state index in [1.165, 1.54) is 0 Å². The molecule has 2 N–H and O–H groups in total. The number of carbonyl (C=O) groups is 1. The predicted octanol–water partition coefficient (Wildman–Crippen LogP) is 1.76. The molecule has 0 radical (unpaired) electrons. The Morgan fingerprint density at radius 2 is 2.00 bits per heavy atom. The summed E-state index contributed by atoms with van der Waals surface area (Å²) in [5.41, 5.74) is 5.74. The summed E-state index contributed by atoms with van der Waals surface area (Å²) in [5.74, 6) is 0.167. The third-order valence-electron chi connectivity index (χ3n) is 2.72. The molecule has 0 heterocycles. The minimum atomic E-state index is 0.0128. The van der Waals surface area contributed by atoms with Crippen molar-refractivity contribution in [3.63, 3.8) is 0 Å². The van der Waals surface area contributed by atoms with Gasteiger partial charge in [0.15, 0.2) is 0 Å². The second-order valence-electron chi connectivity index (χ2n) is 4.01. The highest BCUT2D eigenvalue weighted by molar-refractivity contribution is 5.76. The number of nitrogens with zero attached hydrogens (tertiary/aromatic N) is 1. The van der Waals surface area contributed by atoms with Crippen LogP contribution in [0.1, 0.15) is 46.5 Å². The van der Waals surface area contributed by atoms with Crippen molar-refractivity contribution in [2.75, 3.05) is 7.05 Å². The summed E-state index contributed by atoms with van der Waals surface area (Å²) < 4.78 is 0. The number of hydrogen-bond acceptors (Lipinski definition) is 2. The molecule has 2 atom stereocenters. The minimum Gasteiger partial charge on any atom is -0.343 e. The summed E-state index contributed by atoms with van der Waals surface area (Å²) in [6, 6.07) is 0.343. The summed E-state index contributed by atoms with van der Waals surface area (Å²) in [5, 5.41) is 0. The fourth-order valence-corrected chi connectivity index (χ4v) is 1.37. The quantitative estimate of drug-likeness (QED) is 0.710. The molecule has 0 fully saturated rings. The molecule has 14 heavy (non-hydrogen) atoms. The van der Waals surface area contributed by atoms with Crippen molar-refractivity contribution >= 4 is 5.91 Å². The van der Waals surface area contributed by atoms with E-state index in [4.69, 9.17) is 5.73 Å². The topological polar surface area (TPSA) is 46.3 Å². The highest BCUT2D eigenvalue weighted by atomic mass is 16.2. The molecule has 0 aliphatic rings. The van der Waals surface area contributed by atoms with E-state index in [0.29, 0.717) is 12.5 Å². The van der Waals surface area contributed by atoms with E-state index in [9.17, 15) is 4.79 Å². The van der Waals surface area contributed by atoms with Crippen molar-refractivity contribution in [3.8, 4) is 0 Å². The maximum atomic E-state index is 11.7. The van der Waals surface area contributed by atoms with Gasteiger partial charge in [0.05, 0.1) is 0 Å². The average Bonchev–Trinajstić information content (AvgIpc) is 2.16. The van der Waals surface area contributed by atoms with Gasteiger partial charge in [0.1, 0.15) is 0 Å². The maximum absolute atomic E-state index is 11.7. The van der Waals surface area contributed by atoms with Gasteiger partial charge in [-0.15, -0.1) is 0 Å². The number of carbonyl (C=O) groups excluding carboxylic acids is 1. The van der Waals surface area contributed by atoms with E-state index in [2.05, 4.69) is 13.8 Å². The number of nitrogens with two attached hydrogens (primary N) is 1. The van der Waals surface area contributed by atoms with Gasteiger partial charge in [-0.3, -0.25) is 4.79 Å². The van der Waals surface area contributed by atoms with Gasteiger partial charge in [0.2, 0.25) is 5.91 Å². The van der Waals surface area contributed by atoms with Gasteiger partial charge < -0.3 is 10.6 Å². The van der Waals surface area contributed by atoms with Gasteiger partial charge in [0.25, 0.3) is 0 Å². The van der Waals surface area contributed by atoms with Crippen LogP contribution in [0.15, 0.2) is 0 Å². The Kier molecular flexibility index (Phi) is 6.54. The number of rotatable bonds is 6. The standard InChI is InChI=1S/C11H24N2O/c1-5-7-9(3)13(4)11(14)8-10(12)6-2/h9-10H,5-8,12H2,1-4H3. The van der Waals surface area contributed by atoms with Gasteiger partial charge in [0, 0.05) is 25.6 Å². The van der Waals surface area contributed by atoms with Crippen LogP contribution in [-0.4, -0.2) is 29.9 Å². The molecule has 0 aromatic heterocycles. The zero-order chi connectivity index (χ0) is 11.1. The SMILES string of the molecule is CCCC(C)N(C)C(=O)CC(N)CC. The molecular weight excluding hydrogens is 176 g/mol. The van der Waals surface area contributed by atoms with Crippen molar-refractivity contribution in [1.82, 2.24) is 4.90 Å². The van der Waals surface area contributed by atoms with Gasteiger partial charge in [-0.25, -0.2) is 0 Å². The third-order valence-corrected chi connectivity index (χ3v) is 2.72. The van der Waals surface area contributed by atoms with Crippen LogP contribution in [0.2, 0.25) is 0 Å². The van der Waals surface area contributed by atoms with E-state index in [0.717, 1.165) is 19.3 Å². The fraction of sp³-hybridized carbons (Fsp3) is 0.909. The Morgan fingerprint density at radius 1 is 1.43 bits per heavy atom. The molecular formula is C11H24N2O. The Labute approximate surface area is 87.6 Å². The first-order valence-electron chi connectivity index (χ1n) is 5.54. The number of hydrogen-bond donors (Lipinski definition) is 1. The van der Waals surface area contributed by atoms with Crippen LogP contribution in [-0.2, 0) is 4.79 Å². The van der Waals surface area contributed by atoms with Gasteiger partial charge >= 0.3 is 0 Å².